The number of hydrogen-bond donors (Lipinski definition) is 2. The highest BCUT2D eigenvalue weighted by atomic mass is 16.5. The Morgan fingerprint density at radius 2 is 1.92 bits per heavy atom. The van der Waals surface area contributed by atoms with Gasteiger partial charge in [-0.2, -0.15) is 0 Å². The minimum Gasteiger partial charge on any atom is -0.508 e. The van der Waals surface area contributed by atoms with Gasteiger partial charge in [0.05, 0.1) is 12.6 Å². The molecule has 0 unspecified atom stereocenters. The average Bonchev–Trinajstić information content (AvgIpc) is 2.66. The predicted molar refractivity (Wildman–Crippen MR) is 96.8 cm³/mol. The van der Waals surface area contributed by atoms with Crippen LogP contribution in [-0.4, -0.2) is 35.1 Å². The highest BCUT2D eigenvalue weighted by Gasteiger charge is 2.23. The molecule has 2 aromatic carbocycles. The molecule has 0 saturated heterocycles. The van der Waals surface area contributed by atoms with Gasteiger partial charge in [-0.25, -0.2) is 4.79 Å². The lowest BCUT2D eigenvalue weighted by Gasteiger charge is -2.16. The summed E-state index contributed by atoms with van der Waals surface area (Å²) in [5.74, 6) is -1.06. The van der Waals surface area contributed by atoms with E-state index in [4.69, 9.17) is 4.74 Å². The molecule has 0 spiro atoms. The molecule has 2 N–H and O–H groups in total. The molecular weight excluding hydrogens is 332 g/mol. The SMILES string of the molecule is COC(=O)[C@@H](Cc1ccc2ccccc2n1)NC(=O)c1cccc(O)c1. The number of rotatable bonds is 5. The number of phenols is 1. The molecular formula is C20H18N2O4. The Hall–Kier alpha value is -3.41. The Balaban J connectivity index is 1.81. The number of para-hydroxylation sites is 1. The second kappa shape index (κ2) is 7.65. The first kappa shape index (κ1) is 17.4. The molecule has 0 aliphatic carbocycles. The number of nitrogens with one attached hydrogen (secondary N) is 1. The van der Waals surface area contributed by atoms with Gasteiger partial charge in [-0.3, -0.25) is 9.78 Å². The Bertz CT molecular complexity index is 955. The van der Waals surface area contributed by atoms with Crippen LogP contribution in [0.15, 0.2) is 60.7 Å². The first-order valence-electron chi connectivity index (χ1n) is 8.09. The van der Waals surface area contributed by atoms with Crippen molar-refractivity contribution >= 4 is 22.8 Å². The molecule has 3 aromatic rings. The van der Waals surface area contributed by atoms with Crippen LogP contribution in [0.25, 0.3) is 10.9 Å². The third-order valence-corrected chi connectivity index (χ3v) is 3.97. The van der Waals surface area contributed by atoms with Crippen LogP contribution in [0.5, 0.6) is 5.75 Å². The van der Waals surface area contributed by atoms with Crippen LogP contribution in [0.4, 0.5) is 0 Å². The maximum absolute atomic E-state index is 12.4. The number of aromatic nitrogens is 1. The topological polar surface area (TPSA) is 88.5 Å². The van der Waals surface area contributed by atoms with Gasteiger partial charge in [0.2, 0.25) is 0 Å². The first-order valence-corrected chi connectivity index (χ1v) is 8.09. The number of carbonyl (C=O) groups is 2. The average molecular weight is 350 g/mol. The summed E-state index contributed by atoms with van der Waals surface area (Å²) in [5, 5.41) is 13.1. The van der Waals surface area contributed by atoms with Gasteiger partial charge in [0.1, 0.15) is 11.8 Å². The van der Waals surface area contributed by atoms with Crippen LogP contribution in [-0.2, 0) is 16.0 Å². The van der Waals surface area contributed by atoms with Gasteiger partial charge in [-0.15, -0.1) is 0 Å². The Morgan fingerprint density at radius 3 is 2.69 bits per heavy atom. The number of benzene rings is 2. The fourth-order valence-electron chi connectivity index (χ4n) is 2.66. The van der Waals surface area contributed by atoms with Crippen molar-refractivity contribution < 1.29 is 19.4 Å². The van der Waals surface area contributed by atoms with E-state index in [2.05, 4.69) is 10.3 Å². The number of nitrogens with zero attached hydrogens (tertiary/aromatic N) is 1. The summed E-state index contributed by atoms with van der Waals surface area (Å²) < 4.78 is 4.80. The van der Waals surface area contributed by atoms with E-state index in [-0.39, 0.29) is 17.7 Å². The van der Waals surface area contributed by atoms with Crippen LogP contribution < -0.4 is 5.32 Å². The zero-order valence-electron chi connectivity index (χ0n) is 14.2. The van der Waals surface area contributed by atoms with Crippen LogP contribution >= 0.6 is 0 Å². The number of amides is 1. The first-order chi connectivity index (χ1) is 12.6. The normalized spacial score (nSPS) is 11.7. The molecule has 6 nitrogen and oxygen atoms in total. The van der Waals surface area contributed by atoms with E-state index < -0.39 is 17.9 Å². The highest BCUT2D eigenvalue weighted by molar-refractivity contribution is 5.97. The molecule has 132 valence electrons. The Morgan fingerprint density at radius 1 is 1.12 bits per heavy atom. The van der Waals surface area contributed by atoms with E-state index in [1.165, 1.54) is 19.2 Å². The second-order valence-electron chi connectivity index (χ2n) is 5.80. The van der Waals surface area contributed by atoms with Crippen LogP contribution in [0.2, 0.25) is 0 Å². The van der Waals surface area contributed by atoms with Crippen molar-refractivity contribution in [3.8, 4) is 5.75 Å². The number of carbonyl (C=O) groups excluding carboxylic acids is 2. The van der Waals surface area contributed by atoms with Gasteiger partial charge in [0.25, 0.3) is 5.91 Å². The van der Waals surface area contributed by atoms with E-state index >= 15 is 0 Å². The van der Waals surface area contributed by atoms with Crippen molar-refractivity contribution in [2.45, 2.75) is 12.5 Å². The number of hydrogen-bond acceptors (Lipinski definition) is 5. The van der Waals surface area contributed by atoms with Crippen LogP contribution in [0.3, 0.4) is 0 Å². The monoisotopic (exact) mass is 350 g/mol. The van der Waals surface area contributed by atoms with E-state index in [9.17, 15) is 14.7 Å². The quantitative estimate of drug-likeness (QED) is 0.690. The van der Waals surface area contributed by atoms with Gasteiger partial charge in [-0.1, -0.05) is 30.3 Å². The molecule has 0 aliphatic rings. The summed E-state index contributed by atoms with van der Waals surface area (Å²) in [6, 6.07) is 16.4. The number of phenolic OH excluding ortho intramolecular Hbond substituents is 1. The molecule has 1 aromatic heterocycles. The third-order valence-electron chi connectivity index (χ3n) is 3.97. The maximum atomic E-state index is 12.4. The standard InChI is InChI=1S/C20H18N2O4/c1-26-20(25)18(22-19(24)14-6-4-7-16(23)11-14)12-15-10-9-13-5-2-3-8-17(13)21-15/h2-11,18,23H,12H2,1H3,(H,22,24)/t18-/m1/s1. The minimum atomic E-state index is -0.886. The Labute approximate surface area is 150 Å². The fraction of sp³-hybridized carbons (Fsp3) is 0.150. The lowest BCUT2D eigenvalue weighted by molar-refractivity contribution is -0.142. The fourth-order valence-corrected chi connectivity index (χ4v) is 2.66. The van der Waals surface area contributed by atoms with Gasteiger partial charge < -0.3 is 15.2 Å². The second-order valence-corrected chi connectivity index (χ2v) is 5.80. The molecule has 0 bridgehead atoms. The predicted octanol–water partition coefficient (Wildman–Crippen LogP) is 2.45. The van der Waals surface area contributed by atoms with E-state index in [1.807, 2.05) is 36.4 Å². The number of methoxy groups -OCH3 is 1. The number of esters is 1. The van der Waals surface area contributed by atoms with Crippen LogP contribution in [0, 0.1) is 0 Å². The largest absolute Gasteiger partial charge is 0.508 e. The number of ether oxygens (including phenoxy) is 1. The van der Waals surface area contributed by atoms with E-state index in [0.717, 1.165) is 10.9 Å². The van der Waals surface area contributed by atoms with Crippen molar-refractivity contribution in [1.29, 1.82) is 0 Å². The molecule has 0 fully saturated rings. The van der Waals surface area contributed by atoms with Gasteiger partial charge in [-0.05, 0) is 30.3 Å². The summed E-state index contributed by atoms with van der Waals surface area (Å²) >= 11 is 0. The molecule has 1 heterocycles. The molecule has 3 rings (SSSR count). The van der Waals surface area contributed by atoms with Crippen LogP contribution in [0.1, 0.15) is 16.1 Å². The van der Waals surface area contributed by atoms with Gasteiger partial charge in [0, 0.05) is 23.1 Å². The smallest absolute Gasteiger partial charge is 0.328 e. The highest BCUT2D eigenvalue weighted by Crippen LogP contribution is 2.14. The lowest BCUT2D eigenvalue weighted by Crippen LogP contribution is -2.43. The molecule has 1 amide bonds. The molecule has 26 heavy (non-hydrogen) atoms. The molecule has 0 radical (unpaired) electrons. The summed E-state index contributed by atoms with van der Waals surface area (Å²) in [4.78, 5) is 29.0. The molecule has 0 saturated carbocycles. The third kappa shape index (κ3) is 3.97. The van der Waals surface area contributed by atoms with Crippen molar-refractivity contribution in [1.82, 2.24) is 10.3 Å². The molecule has 0 aliphatic heterocycles. The lowest BCUT2D eigenvalue weighted by atomic mass is 10.1. The zero-order valence-corrected chi connectivity index (χ0v) is 14.2. The number of pyridine rings is 1. The number of aromatic hydroxyl groups is 1. The van der Waals surface area contributed by atoms with E-state index in [1.54, 1.807) is 12.1 Å². The summed E-state index contributed by atoms with van der Waals surface area (Å²) in [6.07, 6.45) is 0.196. The van der Waals surface area contributed by atoms with E-state index in [0.29, 0.717) is 5.69 Å². The molecule has 1 atom stereocenters. The maximum Gasteiger partial charge on any atom is 0.328 e. The minimum absolute atomic E-state index is 0.0246. The van der Waals surface area contributed by atoms with Gasteiger partial charge >= 0.3 is 5.97 Å². The Kier molecular flexibility index (Phi) is 5.12. The van der Waals surface area contributed by atoms with Crippen molar-refractivity contribution in [2.75, 3.05) is 7.11 Å². The van der Waals surface area contributed by atoms with Crippen molar-refractivity contribution in [2.24, 2.45) is 0 Å². The number of fused-ring (bicyclic) bond motifs is 1. The summed E-state index contributed by atoms with van der Waals surface area (Å²) in [7, 11) is 1.27. The molecule has 6 heteroatoms. The van der Waals surface area contributed by atoms with Gasteiger partial charge in [0.15, 0.2) is 0 Å². The summed E-state index contributed by atoms with van der Waals surface area (Å²) in [5.41, 5.74) is 1.73. The zero-order chi connectivity index (χ0) is 18.5. The summed E-state index contributed by atoms with van der Waals surface area (Å²) in [6.45, 7) is 0. The van der Waals surface area contributed by atoms with Crippen molar-refractivity contribution in [3.05, 3.63) is 71.9 Å². The van der Waals surface area contributed by atoms with Crippen molar-refractivity contribution in [3.63, 3.8) is 0 Å².